The molecule has 7 heteroatoms. The molecule has 0 saturated heterocycles. The topological polar surface area (TPSA) is 100 Å². The van der Waals surface area contributed by atoms with Crippen molar-refractivity contribution in [1.29, 1.82) is 0 Å². The van der Waals surface area contributed by atoms with Crippen molar-refractivity contribution < 1.29 is 14.3 Å². The van der Waals surface area contributed by atoms with Gasteiger partial charge in [0.1, 0.15) is 11.3 Å². The quantitative estimate of drug-likeness (QED) is 0.619. The third-order valence-electron chi connectivity index (χ3n) is 4.25. The zero-order chi connectivity index (χ0) is 21.0. The van der Waals surface area contributed by atoms with E-state index in [1.807, 2.05) is 31.2 Å². The number of carbonyl (C=O) groups is 2. The Hall–Kier alpha value is -3.87. The number of rotatable bonds is 5. The summed E-state index contributed by atoms with van der Waals surface area (Å²) >= 11 is 0. The zero-order valence-electron chi connectivity index (χ0n) is 16.3. The molecule has 7 nitrogen and oxygen atoms in total. The normalized spacial score (nSPS) is 10.3. The molecule has 3 N–H and O–H groups in total. The number of H-pyrrole nitrogens is 1. The number of anilines is 2. The molecule has 1 heterocycles. The average molecular weight is 391 g/mol. The maximum absolute atomic E-state index is 12.7. The van der Waals surface area contributed by atoms with Crippen LogP contribution in [0, 0.1) is 6.92 Å². The second kappa shape index (κ2) is 8.43. The van der Waals surface area contributed by atoms with Crippen LogP contribution >= 0.6 is 0 Å². The first-order chi connectivity index (χ1) is 13.9. The second-order valence-electron chi connectivity index (χ2n) is 6.53. The maximum atomic E-state index is 12.7. The van der Waals surface area contributed by atoms with E-state index >= 15 is 0 Å². The SMILES string of the molecule is COc1ccc(NC(C)=O)cc1NC(=O)c1ccc(-c2cccc(C)c2)[nH]c1=O. The van der Waals surface area contributed by atoms with E-state index in [2.05, 4.69) is 15.6 Å². The summed E-state index contributed by atoms with van der Waals surface area (Å²) < 4.78 is 5.25. The summed E-state index contributed by atoms with van der Waals surface area (Å²) in [7, 11) is 1.46. The van der Waals surface area contributed by atoms with Crippen molar-refractivity contribution in [3.63, 3.8) is 0 Å². The van der Waals surface area contributed by atoms with Gasteiger partial charge in [0.2, 0.25) is 5.91 Å². The van der Waals surface area contributed by atoms with Crippen LogP contribution in [0.25, 0.3) is 11.3 Å². The fourth-order valence-electron chi connectivity index (χ4n) is 2.91. The molecule has 0 bridgehead atoms. The van der Waals surface area contributed by atoms with Gasteiger partial charge in [-0.05, 0) is 48.9 Å². The van der Waals surface area contributed by atoms with E-state index < -0.39 is 11.5 Å². The van der Waals surface area contributed by atoms with Crippen molar-refractivity contribution in [2.45, 2.75) is 13.8 Å². The fourth-order valence-corrected chi connectivity index (χ4v) is 2.91. The molecular weight excluding hydrogens is 370 g/mol. The highest BCUT2D eigenvalue weighted by Crippen LogP contribution is 2.28. The van der Waals surface area contributed by atoms with Gasteiger partial charge < -0.3 is 20.4 Å². The molecule has 3 rings (SSSR count). The van der Waals surface area contributed by atoms with E-state index in [0.29, 0.717) is 22.8 Å². The molecule has 29 heavy (non-hydrogen) atoms. The van der Waals surface area contributed by atoms with Crippen LogP contribution in [0.15, 0.2) is 59.4 Å². The van der Waals surface area contributed by atoms with Gasteiger partial charge in [-0.25, -0.2) is 0 Å². The molecule has 2 amide bonds. The number of nitrogens with one attached hydrogen (secondary N) is 3. The summed E-state index contributed by atoms with van der Waals surface area (Å²) in [6, 6.07) is 15.7. The molecule has 1 aromatic heterocycles. The predicted molar refractivity (Wildman–Crippen MR) is 112 cm³/mol. The lowest BCUT2D eigenvalue weighted by molar-refractivity contribution is -0.114. The number of aromatic nitrogens is 1. The lowest BCUT2D eigenvalue weighted by Crippen LogP contribution is -2.23. The van der Waals surface area contributed by atoms with Crippen LogP contribution in [-0.2, 0) is 4.79 Å². The molecule has 148 valence electrons. The van der Waals surface area contributed by atoms with Gasteiger partial charge in [-0.3, -0.25) is 14.4 Å². The highest BCUT2D eigenvalue weighted by Gasteiger charge is 2.15. The van der Waals surface area contributed by atoms with Crippen molar-refractivity contribution in [1.82, 2.24) is 4.98 Å². The molecule has 0 aliphatic rings. The standard InChI is InChI=1S/C22H21N3O4/c1-13-5-4-6-15(11-13)18-9-8-17(21(27)24-18)22(28)25-19-12-16(23-14(2)26)7-10-20(19)29-3/h4-12H,1-3H3,(H,23,26)(H,24,27)(H,25,28). The Kier molecular flexibility index (Phi) is 5.78. The molecule has 0 aliphatic carbocycles. The minimum atomic E-state index is -0.583. The van der Waals surface area contributed by atoms with Crippen molar-refractivity contribution >= 4 is 23.2 Å². The van der Waals surface area contributed by atoms with Crippen LogP contribution in [0.2, 0.25) is 0 Å². The number of methoxy groups -OCH3 is 1. The molecular formula is C22H21N3O4. The van der Waals surface area contributed by atoms with Gasteiger partial charge in [0.25, 0.3) is 11.5 Å². The lowest BCUT2D eigenvalue weighted by Gasteiger charge is -2.12. The Morgan fingerprint density at radius 2 is 1.79 bits per heavy atom. The highest BCUT2D eigenvalue weighted by molar-refractivity contribution is 6.05. The van der Waals surface area contributed by atoms with Crippen LogP contribution in [0.1, 0.15) is 22.8 Å². The number of aromatic amines is 1. The van der Waals surface area contributed by atoms with E-state index in [1.165, 1.54) is 20.1 Å². The fraction of sp³-hybridized carbons (Fsp3) is 0.136. The third-order valence-corrected chi connectivity index (χ3v) is 4.25. The number of benzene rings is 2. The Bertz CT molecular complexity index is 1130. The first-order valence-corrected chi connectivity index (χ1v) is 8.94. The smallest absolute Gasteiger partial charge is 0.261 e. The number of hydrogen-bond donors (Lipinski definition) is 3. The molecule has 0 atom stereocenters. The lowest BCUT2D eigenvalue weighted by atomic mass is 10.1. The highest BCUT2D eigenvalue weighted by atomic mass is 16.5. The van der Waals surface area contributed by atoms with E-state index in [4.69, 9.17) is 4.74 Å². The van der Waals surface area contributed by atoms with E-state index in [1.54, 1.807) is 24.3 Å². The zero-order valence-corrected chi connectivity index (χ0v) is 16.3. The van der Waals surface area contributed by atoms with Crippen molar-refractivity contribution in [2.24, 2.45) is 0 Å². The van der Waals surface area contributed by atoms with E-state index in [9.17, 15) is 14.4 Å². The summed E-state index contributed by atoms with van der Waals surface area (Å²) in [5, 5.41) is 5.30. The minimum Gasteiger partial charge on any atom is -0.495 e. The molecule has 0 unspecified atom stereocenters. The van der Waals surface area contributed by atoms with Crippen LogP contribution in [0.3, 0.4) is 0 Å². The summed E-state index contributed by atoms with van der Waals surface area (Å²) in [4.78, 5) is 39.2. The molecule has 2 aromatic carbocycles. The van der Waals surface area contributed by atoms with E-state index in [-0.39, 0.29) is 11.5 Å². The summed E-state index contributed by atoms with van der Waals surface area (Å²) in [6.45, 7) is 3.35. The van der Waals surface area contributed by atoms with Gasteiger partial charge >= 0.3 is 0 Å². The van der Waals surface area contributed by atoms with Gasteiger partial charge in [0, 0.05) is 18.3 Å². The van der Waals surface area contributed by atoms with Crippen LogP contribution in [0.5, 0.6) is 5.75 Å². The molecule has 0 aliphatic heterocycles. The van der Waals surface area contributed by atoms with Crippen molar-refractivity contribution in [3.8, 4) is 17.0 Å². The third kappa shape index (κ3) is 4.70. The Labute approximate surface area is 167 Å². The number of ether oxygens (including phenoxy) is 1. The molecule has 3 aromatic rings. The average Bonchev–Trinajstić information content (AvgIpc) is 2.67. The van der Waals surface area contributed by atoms with Crippen molar-refractivity contribution in [2.75, 3.05) is 17.7 Å². The Balaban J connectivity index is 1.88. The van der Waals surface area contributed by atoms with Crippen LogP contribution in [0.4, 0.5) is 11.4 Å². The summed E-state index contributed by atoms with van der Waals surface area (Å²) in [5.74, 6) is -0.420. The minimum absolute atomic E-state index is 0.0339. The van der Waals surface area contributed by atoms with Crippen LogP contribution < -0.4 is 20.9 Å². The second-order valence-corrected chi connectivity index (χ2v) is 6.53. The molecule has 0 spiro atoms. The first-order valence-electron chi connectivity index (χ1n) is 8.94. The molecule has 0 radical (unpaired) electrons. The first kappa shape index (κ1) is 19.9. The van der Waals surface area contributed by atoms with E-state index in [0.717, 1.165) is 11.1 Å². The van der Waals surface area contributed by atoms with Crippen LogP contribution in [-0.4, -0.2) is 23.9 Å². The van der Waals surface area contributed by atoms with Gasteiger partial charge in [0.15, 0.2) is 0 Å². The summed E-state index contributed by atoms with van der Waals surface area (Å²) in [6.07, 6.45) is 0. The van der Waals surface area contributed by atoms with Gasteiger partial charge in [-0.2, -0.15) is 0 Å². The Morgan fingerprint density at radius 1 is 1.00 bits per heavy atom. The number of aryl methyl sites for hydroxylation is 1. The Morgan fingerprint density at radius 3 is 2.45 bits per heavy atom. The number of amides is 2. The number of hydrogen-bond acceptors (Lipinski definition) is 4. The van der Waals surface area contributed by atoms with Gasteiger partial charge in [-0.1, -0.05) is 23.8 Å². The van der Waals surface area contributed by atoms with Gasteiger partial charge in [0.05, 0.1) is 12.8 Å². The predicted octanol–water partition coefficient (Wildman–Crippen LogP) is 3.57. The molecule has 0 saturated carbocycles. The molecule has 0 fully saturated rings. The van der Waals surface area contributed by atoms with Gasteiger partial charge in [-0.15, -0.1) is 0 Å². The maximum Gasteiger partial charge on any atom is 0.261 e. The number of carbonyl (C=O) groups excluding carboxylic acids is 2. The monoisotopic (exact) mass is 391 g/mol. The largest absolute Gasteiger partial charge is 0.495 e. The summed E-state index contributed by atoms with van der Waals surface area (Å²) in [5.41, 5.74) is 2.85. The number of pyridine rings is 1. The van der Waals surface area contributed by atoms with Crippen molar-refractivity contribution in [3.05, 3.63) is 76.1 Å².